The van der Waals surface area contributed by atoms with E-state index in [4.69, 9.17) is 10.5 Å². The third-order valence-corrected chi connectivity index (χ3v) is 3.06. The van der Waals surface area contributed by atoms with E-state index in [9.17, 15) is 9.18 Å². The first-order valence-electron chi connectivity index (χ1n) is 6.52. The van der Waals surface area contributed by atoms with E-state index in [1.54, 1.807) is 31.4 Å². The number of nitrogens with two attached hydrogens (primary N) is 1. The summed E-state index contributed by atoms with van der Waals surface area (Å²) in [5.74, 6) is 0.167. The highest BCUT2D eigenvalue weighted by molar-refractivity contribution is 5.78. The van der Waals surface area contributed by atoms with Gasteiger partial charge in [-0.05, 0) is 35.4 Å². The Hall–Kier alpha value is -2.56. The Labute approximate surface area is 122 Å². The van der Waals surface area contributed by atoms with Crippen molar-refractivity contribution in [1.82, 2.24) is 5.32 Å². The number of benzene rings is 2. The molecular formula is C16H17FN2O2. The highest BCUT2D eigenvalue weighted by Crippen LogP contribution is 2.21. The number of hydrogen-bond acceptors (Lipinski definition) is 3. The topological polar surface area (TPSA) is 64.3 Å². The number of hydrogen-bond donors (Lipinski definition) is 2. The summed E-state index contributed by atoms with van der Waals surface area (Å²) in [4.78, 5) is 11.8. The zero-order valence-corrected chi connectivity index (χ0v) is 11.7. The molecule has 0 heterocycles. The van der Waals surface area contributed by atoms with Gasteiger partial charge in [0.05, 0.1) is 19.2 Å². The van der Waals surface area contributed by atoms with Crippen molar-refractivity contribution in [3.63, 3.8) is 0 Å². The highest BCUT2D eigenvalue weighted by atomic mass is 19.1. The number of amides is 1. The number of methoxy groups -OCH3 is 1. The smallest absolute Gasteiger partial charge is 0.224 e. The minimum Gasteiger partial charge on any atom is -0.495 e. The summed E-state index contributed by atoms with van der Waals surface area (Å²) in [5.41, 5.74) is 7.99. The highest BCUT2D eigenvalue weighted by Gasteiger charge is 2.05. The molecule has 0 bridgehead atoms. The molecule has 0 aliphatic heterocycles. The molecule has 1 amide bonds. The second-order valence-corrected chi connectivity index (χ2v) is 4.66. The molecular weight excluding hydrogens is 271 g/mol. The number of carbonyl (C=O) groups excluding carboxylic acids is 1. The van der Waals surface area contributed by atoms with Gasteiger partial charge in [-0.15, -0.1) is 0 Å². The Balaban J connectivity index is 1.89. The lowest BCUT2D eigenvalue weighted by molar-refractivity contribution is -0.120. The van der Waals surface area contributed by atoms with Crippen LogP contribution in [0, 0.1) is 5.82 Å². The standard InChI is InChI=1S/C16H17FN2O2/c1-21-15-7-4-12(8-14(15)18)10-19-16(20)9-11-2-5-13(17)6-3-11/h2-8H,9-10,18H2,1H3,(H,19,20). The fraction of sp³-hybridized carbons (Fsp3) is 0.188. The number of anilines is 1. The summed E-state index contributed by atoms with van der Waals surface area (Å²) in [6, 6.07) is 11.2. The molecule has 0 aromatic heterocycles. The van der Waals surface area contributed by atoms with Gasteiger partial charge >= 0.3 is 0 Å². The maximum atomic E-state index is 12.8. The fourth-order valence-corrected chi connectivity index (χ4v) is 1.94. The van der Waals surface area contributed by atoms with Gasteiger partial charge in [-0.3, -0.25) is 4.79 Å². The number of nitrogen functional groups attached to an aromatic ring is 1. The number of ether oxygens (including phenoxy) is 1. The van der Waals surface area contributed by atoms with Gasteiger partial charge in [-0.2, -0.15) is 0 Å². The summed E-state index contributed by atoms with van der Waals surface area (Å²) >= 11 is 0. The van der Waals surface area contributed by atoms with Crippen molar-refractivity contribution in [2.75, 3.05) is 12.8 Å². The van der Waals surface area contributed by atoms with Gasteiger partial charge in [-0.25, -0.2) is 4.39 Å². The Bertz CT molecular complexity index is 627. The molecule has 2 rings (SSSR count). The molecule has 0 saturated carbocycles. The van der Waals surface area contributed by atoms with Crippen LogP contribution >= 0.6 is 0 Å². The minimum atomic E-state index is -0.312. The van der Waals surface area contributed by atoms with E-state index in [0.29, 0.717) is 18.0 Å². The van der Waals surface area contributed by atoms with Crippen LogP contribution in [0.5, 0.6) is 5.75 Å². The Morgan fingerprint density at radius 3 is 2.48 bits per heavy atom. The largest absolute Gasteiger partial charge is 0.495 e. The molecule has 21 heavy (non-hydrogen) atoms. The maximum absolute atomic E-state index is 12.8. The second kappa shape index (κ2) is 6.74. The van der Waals surface area contributed by atoms with Crippen LogP contribution in [0.15, 0.2) is 42.5 Å². The molecule has 2 aromatic rings. The van der Waals surface area contributed by atoms with Gasteiger partial charge in [0.1, 0.15) is 11.6 Å². The Morgan fingerprint density at radius 1 is 1.19 bits per heavy atom. The van der Waals surface area contributed by atoms with Gasteiger partial charge in [0.2, 0.25) is 5.91 Å². The second-order valence-electron chi connectivity index (χ2n) is 4.66. The summed E-state index contributed by atoms with van der Waals surface area (Å²) in [5, 5.41) is 2.80. The lowest BCUT2D eigenvalue weighted by atomic mass is 10.1. The number of carbonyl (C=O) groups is 1. The van der Waals surface area contributed by atoms with Crippen molar-refractivity contribution in [2.24, 2.45) is 0 Å². The van der Waals surface area contributed by atoms with E-state index in [-0.39, 0.29) is 18.1 Å². The first-order valence-corrected chi connectivity index (χ1v) is 6.52. The van der Waals surface area contributed by atoms with E-state index in [2.05, 4.69) is 5.32 Å². The molecule has 0 radical (unpaired) electrons. The summed E-state index contributed by atoms with van der Waals surface area (Å²) < 4.78 is 17.8. The van der Waals surface area contributed by atoms with Crippen LogP contribution in [0.1, 0.15) is 11.1 Å². The molecule has 110 valence electrons. The van der Waals surface area contributed by atoms with Crippen LogP contribution in [-0.4, -0.2) is 13.0 Å². The van der Waals surface area contributed by atoms with Crippen LogP contribution in [0.25, 0.3) is 0 Å². The molecule has 0 unspecified atom stereocenters. The molecule has 0 aliphatic carbocycles. The van der Waals surface area contributed by atoms with Gasteiger partial charge < -0.3 is 15.8 Å². The monoisotopic (exact) mass is 288 g/mol. The van der Waals surface area contributed by atoms with E-state index >= 15 is 0 Å². The molecule has 0 spiro atoms. The maximum Gasteiger partial charge on any atom is 0.224 e. The molecule has 0 aliphatic rings. The van der Waals surface area contributed by atoms with Crippen LogP contribution in [0.4, 0.5) is 10.1 Å². The van der Waals surface area contributed by atoms with E-state index in [1.807, 2.05) is 6.07 Å². The van der Waals surface area contributed by atoms with Gasteiger partial charge in [-0.1, -0.05) is 18.2 Å². The zero-order valence-electron chi connectivity index (χ0n) is 11.7. The molecule has 2 aromatic carbocycles. The van der Waals surface area contributed by atoms with Crippen molar-refractivity contribution < 1.29 is 13.9 Å². The Kier molecular flexibility index (Phi) is 4.77. The van der Waals surface area contributed by atoms with Gasteiger partial charge in [0.25, 0.3) is 0 Å². The molecule has 0 saturated heterocycles. The van der Waals surface area contributed by atoms with Crippen molar-refractivity contribution >= 4 is 11.6 Å². The number of halogens is 1. The average molecular weight is 288 g/mol. The summed E-state index contributed by atoms with van der Waals surface area (Å²) in [6.07, 6.45) is 0.214. The van der Waals surface area contributed by atoms with Crippen molar-refractivity contribution in [2.45, 2.75) is 13.0 Å². The third kappa shape index (κ3) is 4.21. The summed E-state index contributed by atoms with van der Waals surface area (Å²) in [6.45, 7) is 0.383. The lowest BCUT2D eigenvalue weighted by Crippen LogP contribution is -2.24. The normalized spacial score (nSPS) is 10.2. The van der Waals surface area contributed by atoms with Gasteiger partial charge in [0.15, 0.2) is 0 Å². The average Bonchev–Trinajstić information content (AvgIpc) is 2.48. The van der Waals surface area contributed by atoms with E-state index in [0.717, 1.165) is 11.1 Å². The van der Waals surface area contributed by atoms with E-state index in [1.165, 1.54) is 12.1 Å². The van der Waals surface area contributed by atoms with Crippen LogP contribution in [-0.2, 0) is 17.8 Å². The molecule has 0 atom stereocenters. The van der Waals surface area contributed by atoms with Crippen LogP contribution in [0.2, 0.25) is 0 Å². The quantitative estimate of drug-likeness (QED) is 0.830. The first kappa shape index (κ1) is 14.8. The molecule has 5 heteroatoms. The SMILES string of the molecule is COc1ccc(CNC(=O)Cc2ccc(F)cc2)cc1N. The summed E-state index contributed by atoms with van der Waals surface area (Å²) in [7, 11) is 1.55. The first-order chi connectivity index (χ1) is 10.1. The number of rotatable bonds is 5. The zero-order chi connectivity index (χ0) is 15.2. The van der Waals surface area contributed by atoms with Crippen LogP contribution < -0.4 is 15.8 Å². The van der Waals surface area contributed by atoms with Crippen molar-refractivity contribution in [3.05, 3.63) is 59.4 Å². The molecule has 3 N–H and O–H groups in total. The lowest BCUT2D eigenvalue weighted by Gasteiger charge is -2.08. The third-order valence-electron chi connectivity index (χ3n) is 3.06. The van der Waals surface area contributed by atoms with Crippen molar-refractivity contribution in [3.8, 4) is 5.75 Å². The van der Waals surface area contributed by atoms with Gasteiger partial charge in [0, 0.05) is 6.54 Å². The number of nitrogens with one attached hydrogen (secondary N) is 1. The molecule has 4 nitrogen and oxygen atoms in total. The van der Waals surface area contributed by atoms with E-state index < -0.39 is 0 Å². The van der Waals surface area contributed by atoms with Crippen LogP contribution in [0.3, 0.4) is 0 Å². The minimum absolute atomic E-state index is 0.129. The Morgan fingerprint density at radius 2 is 1.86 bits per heavy atom. The predicted octanol–water partition coefficient (Wildman–Crippen LogP) is 2.28. The fourth-order valence-electron chi connectivity index (χ4n) is 1.94. The van der Waals surface area contributed by atoms with Crippen molar-refractivity contribution in [1.29, 1.82) is 0 Å². The predicted molar refractivity (Wildman–Crippen MR) is 79.4 cm³/mol. The molecule has 0 fully saturated rings.